The first kappa shape index (κ1) is 29.0. The fourth-order valence-electron chi connectivity index (χ4n) is 7.59. The summed E-state index contributed by atoms with van der Waals surface area (Å²) >= 11 is 0. The maximum absolute atomic E-state index is 5.35. The van der Waals surface area contributed by atoms with E-state index in [4.69, 9.17) is 4.98 Å². The normalized spacial score (nSPS) is 12.9. The van der Waals surface area contributed by atoms with Crippen molar-refractivity contribution in [3.05, 3.63) is 187 Å². The predicted molar refractivity (Wildman–Crippen MR) is 204 cm³/mol. The van der Waals surface area contributed by atoms with Gasteiger partial charge in [0.1, 0.15) is 5.82 Å². The summed E-state index contributed by atoms with van der Waals surface area (Å²) in [4.78, 5) is 7.69. The summed E-state index contributed by atoms with van der Waals surface area (Å²) in [5, 5.41) is 0. The number of fused-ring (bicyclic) bond motifs is 4. The minimum absolute atomic E-state index is 0.105. The van der Waals surface area contributed by atoms with Crippen molar-refractivity contribution in [1.82, 2.24) is 9.55 Å². The molecule has 1 heterocycles. The SMILES string of the molecule is CC1(C)c2ccccc2-c2ccc(-n3c(-c4ccccc4N(c4ccccc4)c4ccc(-c5ccccc5)cc4)nc4ccccc43)cc21. The monoisotopic (exact) mass is 629 g/mol. The number of imidazole rings is 1. The second-order valence-corrected chi connectivity index (χ2v) is 13.3. The summed E-state index contributed by atoms with van der Waals surface area (Å²) in [7, 11) is 0. The van der Waals surface area contributed by atoms with Gasteiger partial charge in [-0.15, -0.1) is 0 Å². The van der Waals surface area contributed by atoms with E-state index in [2.05, 4.69) is 199 Å². The van der Waals surface area contributed by atoms with Crippen molar-refractivity contribution in [3.63, 3.8) is 0 Å². The van der Waals surface area contributed by atoms with E-state index in [9.17, 15) is 0 Å². The van der Waals surface area contributed by atoms with Gasteiger partial charge in [-0.3, -0.25) is 4.57 Å². The first-order valence-corrected chi connectivity index (χ1v) is 16.9. The van der Waals surface area contributed by atoms with Crippen LogP contribution in [0.5, 0.6) is 0 Å². The second kappa shape index (κ2) is 11.5. The van der Waals surface area contributed by atoms with Crippen LogP contribution in [0.4, 0.5) is 17.1 Å². The molecule has 0 atom stereocenters. The Morgan fingerprint density at radius 1 is 0.490 bits per heavy atom. The van der Waals surface area contributed by atoms with Gasteiger partial charge in [-0.25, -0.2) is 4.98 Å². The van der Waals surface area contributed by atoms with Gasteiger partial charge < -0.3 is 4.90 Å². The van der Waals surface area contributed by atoms with Crippen molar-refractivity contribution < 1.29 is 0 Å². The Hall–Kier alpha value is -6.19. The standard InChI is InChI=1S/C46H35N3/c1-46(2)40-21-11-9-19-37(40)38-30-29-36(31-41(38)46)49-44-24-14-12-22-42(44)47-45(49)39-20-10-13-23-43(39)48(34-17-7-4-8-18-34)35-27-25-33(26-28-35)32-15-5-3-6-16-32/h3-31H,1-2H3. The van der Waals surface area contributed by atoms with E-state index in [0.717, 1.165) is 45.2 Å². The Kier molecular flexibility index (Phi) is 6.80. The molecule has 0 N–H and O–H groups in total. The Morgan fingerprint density at radius 3 is 1.88 bits per heavy atom. The van der Waals surface area contributed by atoms with Crippen molar-refractivity contribution in [2.24, 2.45) is 0 Å². The molecule has 0 amide bonds. The molecule has 49 heavy (non-hydrogen) atoms. The number of rotatable bonds is 6. The van der Waals surface area contributed by atoms with Crippen LogP contribution in [0.25, 0.3) is 50.4 Å². The van der Waals surface area contributed by atoms with Crippen LogP contribution in [-0.2, 0) is 5.41 Å². The summed E-state index contributed by atoms with van der Waals surface area (Å²) in [6.45, 7) is 4.68. The quantitative estimate of drug-likeness (QED) is 0.182. The lowest BCUT2D eigenvalue weighted by Gasteiger charge is -2.28. The van der Waals surface area contributed by atoms with Crippen LogP contribution < -0.4 is 4.90 Å². The Balaban J connectivity index is 1.24. The summed E-state index contributed by atoms with van der Waals surface area (Å²) in [6, 6.07) is 62.9. The number of hydrogen-bond acceptors (Lipinski definition) is 2. The molecule has 0 bridgehead atoms. The van der Waals surface area contributed by atoms with E-state index >= 15 is 0 Å². The molecule has 3 nitrogen and oxygen atoms in total. The van der Waals surface area contributed by atoms with Gasteiger partial charge in [0.05, 0.1) is 16.7 Å². The molecular formula is C46H35N3. The van der Waals surface area contributed by atoms with E-state index in [-0.39, 0.29) is 5.41 Å². The molecule has 1 aromatic heterocycles. The fraction of sp³-hybridized carbons (Fsp3) is 0.0652. The highest BCUT2D eigenvalue weighted by Gasteiger charge is 2.35. The molecule has 0 unspecified atom stereocenters. The van der Waals surface area contributed by atoms with Crippen molar-refractivity contribution in [2.75, 3.05) is 4.90 Å². The highest BCUT2D eigenvalue weighted by molar-refractivity contribution is 5.92. The minimum Gasteiger partial charge on any atom is -0.310 e. The number of hydrogen-bond donors (Lipinski definition) is 0. The first-order chi connectivity index (χ1) is 24.1. The second-order valence-electron chi connectivity index (χ2n) is 13.3. The van der Waals surface area contributed by atoms with Crippen LogP contribution in [0, 0.1) is 0 Å². The van der Waals surface area contributed by atoms with Gasteiger partial charge in [0, 0.05) is 28.0 Å². The zero-order chi connectivity index (χ0) is 33.0. The molecule has 0 radical (unpaired) electrons. The lowest BCUT2D eigenvalue weighted by atomic mass is 9.82. The molecular weight excluding hydrogens is 595 g/mol. The molecule has 0 aliphatic heterocycles. The minimum atomic E-state index is -0.105. The third-order valence-corrected chi connectivity index (χ3v) is 10.0. The third-order valence-electron chi connectivity index (χ3n) is 10.0. The van der Waals surface area contributed by atoms with Gasteiger partial charge in [0.2, 0.25) is 0 Å². The average molecular weight is 630 g/mol. The van der Waals surface area contributed by atoms with Crippen LogP contribution in [0.15, 0.2) is 176 Å². The smallest absolute Gasteiger partial charge is 0.147 e. The predicted octanol–water partition coefficient (Wildman–Crippen LogP) is 12.1. The van der Waals surface area contributed by atoms with Gasteiger partial charge in [0.25, 0.3) is 0 Å². The van der Waals surface area contributed by atoms with Crippen molar-refractivity contribution in [3.8, 4) is 39.3 Å². The Labute approximate surface area is 287 Å². The third kappa shape index (κ3) is 4.77. The Morgan fingerprint density at radius 2 is 1.08 bits per heavy atom. The molecule has 0 fully saturated rings. The molecule has 8 aromatic rings. The highest BCUT2D eigenvalue weighted by Crippen LogP contribution is 2.50. The van der Waals surface area contributed by atoms with Gasteiger partial charge in [-0.05, 0) is 94.0 Å². The van der Waals surface area contributed by atoms with Gasteiger partial charge in [0.15, 0.2) is 0 Å². The molecule has 9 rings (SSSR count). The lowest BCUT2D eigenvalue weighted by Crippen LogP contribution is -2.15. The maximum Gasteiger partial charge on any atom is 0.147 e. The maximum atomic E-state index is 5.35. The zero-order valence-corrected chi connectivity index (χ0v) is 27.6. The molecule has 0 spiro atoms. The van der Waals surface area contributed by atoms with Crippen LogP contribution in [0.2, 0.25) is 0 Å². The van der Waals surface area contributed by atoms with Crippen molar-refractivity contribution in [2.45, 2.75) is 19.3 Å². The van der Waals surface area contributed by atoms with E-state index in [0.29, 0.717) is 0 Å². The Bertz CT molecular complexity index is 2460. The number of anilines is 3. The lowest BCUT2D eigenvalue weighted by molar-refractivity contribution is 0.660. The van der Waals surface area contributed by atoms with Crippen LogP contribution in [0.3, 0.4) is 0 Å². The van der Waals surface area contributed by atoms with Crippen LogP contribution in [0.1, 0.15) is 25.0 Å². The highest BCUT2D eigenvalue weighted by atomic mass is 15.2. The molecule has 7 aromatic carbocycles. The summed E-state index contributed by atoms with van der Waals surface area (Å²) < 4.78 is 2.34. The molecule has 0 saturated heterocycles. The van der Waals surface area contributed by atoms with Gasteiger partial charge in [-0.1, -0.05) is 129 Å². The topological polar surface area (TPSA) is 21.1 Å². The van der Waals surface area contributed by atoms with Crippen molar-refractivity contribution in [1.29, 1.82) is 0 Å². The molecule has 1 aliphatic rings. The van der Waals surface area contributed by atoms with Gasteiger partial charge in [-0.2, -0.15) is 0 Å². The van der Waals surface area contributed by atoms with E-state index in [1.165, 1.54) is 33.4 Å². The molecule has 1 aliphatic carbocycles. The van der Waals surface area contributed by atoms with Gasteiger partial charge >= 0.3 is 0 Å². The first-order valence-electron chi connectivity index (χ1n) is 16.9. The fourth-order valence-corrected chi connectivity index (χ4v) is 7.59. The number of benzene rings is 7. The summed E-state index contributed by atoms with van der Waals surface area (Å²) in [6.07, 6.45) is 0. The average Bonchev–Trinajstić information content (AvgIpc) is 3.65. The number of para-hydroxylation sites is 4. The van der Waals surface area contributed by atoms with E-state index in [1.807, 2.05) is 0 Å². The number of nitrogens with zero attached hydrogens (tertiary/aromatic N) is 3. The van der Waals surface area contributed by atoms with E-state index < -0.39 is 0 Å². The summed E-state index contributed by atoms with van der Waals surface area (Å²) in [5.74, 6) is 0.909. The number of aromatic nitrogens is 2. The summed E-state index contributed by atoms with van der Waals surface area (Å²) in [5.41, 5.74) is 15.1. The van der Waals surface area contributed by atoms with Crippen molar-refractivity contribution >= 4 is 28.1 Å². The molecule has 0 saturated carbocycles. The molecule has 3 heteroatoms. The van der Waals surface area contributed by atoms with Crippen LogP contribution in [-0.4, -0.2) is 9.55 Å². The largest absolute Gasteiger partial charge is 0.310 e. The zero-order valence-electron chi connectivity index (χ0n) is 27.6. The molecule has 234 valence electrons. The van der Waals surface area contributed by atoms with E-state index in [1.54, 1.807) is 0 Å². The van der Waals surface area contributed by atoms with Crippen LogP contribution >= 0.6 is 0 Å².